The lowest BCUT2D eigenvalue weighted by Crippen LogP contribution is -2.40. The molecule has 1 rings (SSSR count). The highest BCUT2D eigenvalue weighted by atomic mass is 19.4. The molecule has 0 spiro atoms. The topological polar surface area (TPSA) is 57.6 Å². The summed E-state index contributed by atoms with van der Waals surface area (Å²) in [6, 6.07) is 0. The van der Waals surface area contributed by atoms with Crippen LogP contribution in [0.15, 0.2) is 11.6 Å². The summed E-state index contributed by atoms with van der Waals surface area (Å²) in [6.45, 7) is -0.517. The lowest BCUT2D eigenvalue weighted by molar-refractivity contribution is -0.156. The van der Waals surface area contributed by atoms with Crippen molar-refractivity contribution in [3.63, 3.8) is 0 Å². The van der Waals surface area contributed by atoms with Gasteiger partial charge in [-0.25, -0.2) is 4.79 Å². The summed E-state index contributed by atoms with van der Waals surface area (Å²) in [4.78, 5) is 22.0. The van der Waals surface area contributed by atoms with E-state index in [0.29, 0.717) is 0 Å². The first-order valence-corrected chi connectivity index (χ1v) is 4.11. The highest BCUT2D eigenvalue weighted by Gasteiger charge is 2.36. The highest BCUT2D eigenvalue weighted by Crippen LogP contribution is 2.29. The standard InChI is InChI=1S/C8H8F3NO3/c9-8(10,11)5-1-3-12(4-2-5)6(13)7(14)15/h1H,2-4H2,(H,14,15). The van der Waals surface area contributed by atoms with E-state index in [-0.39, 0.29) is 19.5 Å². The Labute approximate surface area is 83.0 Å². The molecule has 4 nitrogen and oxygen atoms in total. The number of carboxylic acid groups (broad SMARTS) is 1. The van der Waals surface area contributed by atoms with Gasteiger partial charge >= 0.3 is 18.1 Å². The molecule has 0 saturated carbocycles. The summed E-state index contributed by atoms with van der Waals surface area (Å²) in [5.74, 6) is -2.83. The second-order valence-electron chi connectivity index (χ2n) is 3.03. The molecular weight excluding hydrogens is 215 g/mol. The molecule has 0 saturated heterocycles. The lowest BCUT2D eigenvalue weighted by Gasteiger charge is -2.25. The second-order valence-corrected chi connectivity index (χ2v) is 3.03. The van der Waals surface area contributed by atoms with Crippen LogP contribution >= 0.6 is 0 Å². The maximum Gasteiger partial charge on any atom is 0.412 e. The Morgan fingerprint density at radius 1 is 1.40 bits per heavy atom. The molecule has 0 atom stereocenters. The molecule has 0 aromatic heterocycles. The minimum Gasteiger partial charge on any atom is -0.474 e. The molecule has 1 amide bonds. The van der Waals surface area contributed by atoms with E-state index < -0.39 is 23.6 Å². The highest BCUT2D eigenvalue weighted by molar-refractivity contribution is 6.31. The molecule has 1 heterocycles. The first-order chi connectivity index (χ1) is 6.82. The fraction of sp³-hybridized carbons (Fsp3) is 0.500. The van der Waals surface area contributed by atoms with Crippen LogP contribution in [0.2, 0.25) is 0 Å². The van der Waals surface area contributed by atoms with Crippen LogP contribution in [0.1, 0.15) is 6.42 Å². The van der Waals surface area contributed by atoms with Crippen LogP contribution in [0, 0.1) is 0 Å². The number of amides is 1. The van der Waals surface area contributed by atoms with Gasteiger partial charge in [0.25, 0.3) is 0 Å². The largest absolute Gasteiger partial charge is 0.474 e. The Bertz CT molecular complexity index is 322. The van der Waals surface area contributed by atoms with Crippen molar-refractivity contribution in [2.45, 2.75) is 12.6 Å². The zero-order valence-corrected chi connectivity index (χ0v) is 7.54. The molecule has 0 fully saturated rings. The van der Waals surface area contributed by atoms with Crippen LogP contribution < -0.4 is 0 Å². The average Bonchev–Trinajstić information content (AvgIpc) is 2.15. The molecule has 0 unspecified atom stereocenters. The van der Waals surface area contributed by atoms with E-state index in [1.165, 1.54) is 0 Å². The Hall–Kier alpha value is -1.53. The van der Waals surface area contributed by atoms with E-state index in [0.717, 1.165) is 11.0 Å². The van der Waals surface area contributed by atoms with Crippen LogP contribution in [0.5, 0.6) is 0 Å². The Balaban J connectivity index is 2.66. The van der Waals surface area contributed by atoms with Gasteiger partial charge in [0.15, 0.2) is 0 Å². The SMILES string of the molecule is O=C(O)C(=O)N1CC=C(C(F)(F)F)CC1. The molecule has 0 aromatic carbocycles. The predicted octanol–water partition coefficient (Wildman–Crippen LogP) is 0.792. The Morgan fingerprint density at radius 3 is 2.33 bits per heavy atom. The number of carbonyl (C=O) groups excluding carboxylic acids is 1. The van der Waals surface area contributed by atoms with Gasteiger partial charge in [-0.05, 0) is 6.42 Å². The third-order valence-corrected chi connectivity index (χ3v) is 2.04. The van der Waals surface area contributed by atoms with Gasteiger partial charge in [-0.15, -0.1) is 0 Å². The van der Waals surface area contributed by atoms with Gasteiger partial charge < -0.3 is 10.0 Å². The van der Waals surface area contributed by atoms with E-state index in [1.54, 1.807) is 0 Å². The number of hydrogen-bond donors (Lipinski definition) is 1. The Kier molecular flexibility index (Phi) is 3.01. The van der Waals surface area contributed by atoms with Crippen molar-refractivity contribution < 1.29 is 27.9 Å². The van der Waals surface area contributed by atoms with Crippen molar-refractivity contribution in [2.24, 2.45) is 0 Å². The van der Waals surface area contributed by atoms with Gasteiger partial charge in [0.1, 0.15) is 0 Å². The number of carboxylic acids is 1. The zero-order valence-electron chi connectivity index (χ0n) is 7.54. The van der Waals surface area contributed by atoms with Crippen LogP contribution in [-0.4, -0.2) is 41.1 Å². The van der Waals surface area contributed by atoms with Gasteiger partial charge in [0, 0.05) is 18.7 Å². The van der Waals surface area contributed by atoms with Gasteiger partial charge in [-0.3, -0.25) is 4.79 Å². The first-order valence-electron chi connectivity index (χ1n) is 4.11. The second kappa shape index (κ2) is 3.92. The minimum absolute atomic E-state index is 0.212. The third kappa shape index (κ3) is 2.71. The van der Waals surface area contributed by atoms with Gasteiger partial charge in [-0.1, -0.05) is 6.08 Å². The van der Waals surface area contributed by atoms with Crippen LogP contribution in [0.4, 0.5) is 13.2 Å². The maximum atomic E-state index is 12.1. The summed E-state index contributed by atoms with van der Waals surface area (Å²) in [7, 11) is 0. The van der Waals surface area contributed by atoms with Crippen molar-refractivity contribution in [3.05, 3.63) is 11.6 Å². The van der Waals surface area contributed by atoms with E-state index in [2.05, 4.69) is 0 Å². The first kappa shape index (κ1) is 11.5. The molecule has 7 heteroatoms. The monoisotopic (exact) mass is 223 g/mol. The molecule has 0 aromatic rings. The average molecular weight is 223 g/mol. The van der Waals surface area contributed by atoms with Crippen molar-refractivity contribution in [1.29, 1.82) is 0 Å². The van der Waals surface area contributed by atoms with Gasteiger partial charge in [0.2, 0.25) is 0 Å². The fourth-order valence-electron chi connectivity index (χ4n) is 1.25. The minimum atomic E-state index is -4.39. The number of hydrogen-bond acceptors (Lipinski definition) is 2. The number of halogens is 3. The van der Waals surface area contributed by atoms with E-state index in [4.69, 9.17) is 5.11 Å². The van der Waals surface area contributed by atoms with Gasteiger partial charge in [-0.2, -0.15) is 13.2 Å². The molecule has 84 valence electrons. The van der Waals surface area contributed by atoms with Crippen molar-refractivity contribution in [1.82, 2.24) is 4.90 Å². The molecule has 15 heavy (non-hydrogen) atoms. The summed E-state index contributed by atoms with van der Waals surface area (Å²) in [6.07, 6.45) is -3.91. The number of rotatable bonds is 0. The maximum absolute atomic E-state index is 12.1. The smallest absolute Gasteiger partial charge is 0.412 e. The summed E-state index contributed by atoms with van der Waals surface area (Å²) >= 11 is 0. The third-order valence-electron chi connectivity index (χ3n) is 2.04. The number of carbonyl (C=O) groups is 2. The van der Waals surface area contributed by atoms with E-state index in [1.807, 2.05) is 0 Å². The zero-order chi connectivity index (χ0) is 11.6. The normalized spacial score (nSPS) is 17.3. The van der Waals surface area contributed by atoms with Crippen LogP contribution in [0.25, 0.3) is 0 Å². The molecule has 0 aliphatic carbocycles. The molecule has 1 aliphatic heterocycles. The summed E-state index contributed by atoms with van der Waals surface area (Å²) in [5, 5.41) is 8.33. The Morgan fingerprint density at radius 2 is 2.00 bits per heavy atom. The van der Waals surface area contributed by atoms with Crippen molar-refractivity contribution in [3.8, 4) is 0 Å². The number of nitrogens with zero attached hydrogens (tertiary/aromatic N) is 1. The quantitative estimate of drug-likeness (QED) is 0.488. The van der Waals surface area contributed by atoms with Crippen LogP contribution in [0.3, 0.4) is 0 Å². The molecule has 0 bridgehead atoms. The molecule has 0 radical (unpaired) electrons. The van der Waals surface area contributed by atoms with Crippen LogP contribution in [-0.2, 0) is 9.59 Å². The summed E-state index contributed by atoms with van der Waals surface area (Å²) in [5.41, 5.74) is -0.711. The molecule has 1 N–H and O–H groups in total. The van der Waals surface area contributed by atoms with Crippen molar-refractivity contribution in [2.75, 3.05) is 13.1 Å². The van der Waals surface area contributed by atoms with Gasteiger partial charge in [0.05, 0.1) is 0 Å². The van der Waals surface area contributed by atoms with Crippen molar-refractivity contribution >= 4 is 11.9 Å². The van der Waals surface area contributed by atoms with E-state index >= 15 is 0 Å². The molecule has 1 aliphatic rings. The molecular formula is C8H8F3NO3. The fourth-order valence-corrected chi connectivity index (χ4v) is 1.25. The number of aliphatic carboxylic acids is 1. The predicted molar refractivity (Wildman–Crippen MR) is 43.0 cm³/mol. The number of alkyl halides is 3. The summed E-state index contributed by atoms with van der Waals surface area (Å²) < 4.78 is 36.4. The van der Waals surface area contributed by atoms with E-state index in [9.17, 15) is 22.8 Å². The lowest BCUT2D eigenvalue weighted by atomic mass is 10.1.